The van der Waals surface area contributed by atoms with Crippen molar-refractivity contribution in [2.45, 2.75) is 50.5 Å². The number of carbonyl (C=O) groups excluding carboxylic acids is 1. The van der Waals surface area contributed by atoms with E-state index in [2.05, 4.69) is 15.7 Å². The highest BCUT2D eigenvalue weighted by molar-refractivity contribution is 5.91. The summed E-state index contributed by atoms with van der Waals surface area (Å²) >= 11 is 0. The fraction of sp³-hybridized carbons (Fsp3) is 0.625. The van der Waals surface area contributed by atoms with Crippen molar-refractivity contribution in [3.8, 4) is 0 Å². The lowest BCUT2D eigenvalue weighted by Crippen LogP contribution is -2.44. The summed E-state index contributed by atoms with van der Waals surface area (Å²) in [6.07, 6.45) is 8.36. The van der Waals surface area contributed by atoms with Crippen LogP contribution in [0.2, 0.25) is 0 Å². The average Bonchev–Trinajstić information content (AvgIpc) is 3.20. The van der Waals surface area contributed by atoms with Gasteiger partial charge in [0.2, 0.25) is 5.91 Å². The molecule has 0 radical (unpaired) electrons. The van der Waals surface area contributed by atoms with E-state index in [-0.39, 0.29) is 11.9 Å². The summed E-state index contributed by atoms with van der Waals surface area (Å²) in [5.74, 6) is 2.11. The zero-order valence-corrected chi connectivity index (χ0v) is 13.4. The highest BCUT2D eigenvalue weighted by Crippen LogP contribution is 2.34. The first-order chi connectivity index (χ1) is 11.2. The third-order valence-corrected chi connectivity index (χ3v) is 4.93. The predicted octanol–water partition coefficient (Wildman–Crippen LogP) is 1.71. The Labute approximate surface area is 134 Å². The van der Waals surface area contributed by atoms with E-state index >= 15 is 0 Å². The molecule has 2 aromatic heterocycles. The summed E-state index contributed by atoms with van der Waals surface area (Å²) < 4.78 is 1.78. The van der Waals surface area contributed by atoms with E-state index in [0.717, 1.165) is 54.9 Å². The van der Waals surface area contributed by atoms with E-state index in [0.29, 0.717) is 5.92 Å². The second-order valence-electron chi connectivity index (χ2n) is 6.55. The minimum atomic E-state index is -0.224. The molecule has 7 heteroatoms. The zero-order valence-electron chi connectivity index (χ0n) is 13.4. The van der Waals surface area contributed by atoms with Crippen molar-refractivity contribution in [1.29, 1.82) is 0 Å². The van der Waals surface area contributed by atoms with Gasteiger partial charge in [0.25, 0.3) is 0 Å². The van der Waals surface area contributed by atoms with Crippen LogP contribution in [0.25, 0.3) is 11.0 Å². The molecule has 2 aromatic rings. The Morgan fingerprint density at radius 2 is 2.04 bits per heavy atom. The molecular weight excluding hydrogens is 292 g/mol. The van der Waals surface area contributed by atoms with Crippen LogP contribution in [0.4, 0.5) is 5.82 Å². The van der Waals surface area contributed by atoms with Gasteiger partial charge in [-0.15, -0.1) is 0 Å². The van der Waals surface area contributed by atoms with Crippen molar-refractivity contribution < 1.29 is 4.79 Å². The van der Waals surface area contributed by atoms with Crippen LogP contribution in [0, 0.1) is 0 Å². The molecule has 4 rings (SSSR count). The average molecular weight is 314 g/mol. The van der Waals surface area contributed by atoms with Crippen LogP contribution in [-0.4, -0.2) is 38.2 Å². The first-order valence-electron chi connectivity index (χ1n) is 8.46. The molecule has 0 spiro atoms. The first-order valence-corrected chi connectivity index (χ1v) is 8.46. The Morgan fingerprint density at radius 1 is 1.22 bits per heavy atom. The number of fused-ring (bicyclic) bond motifs is 1. The number of nitrogens with one attached hydrogen (secondary N) is 2. The molecule has 7 nitrogen and oxygen atoms in total. The molecule has 0 unspecified atom stereocenters. The topological polar surface area (TPSA) is 84.7 Å². The summed E-state index contributed by atoms with van der Waals surface area (Å²) in [5.41, 5.74) is 0.834. The van der Waals surface area contributed by atoms with Crippen LogP contribution < -0.4 is 10.6 Å². The number of aryl methyl sites for hydroxylation is 1. The van der Waals surface area contributed by atoms with Gasteiger partial charge in [0, 0.05) is 19.5 Å². The number of rotatable bonds is 3. The summed E-state index contributed by atoms with van der Waals surface area (Å²) in [7, 11) is 1.89. The largest absolute Gasteiger partial charge is 0.358 e. The molecule has 23 heavy (non-hydrogen) atoms. The highest BCUT2D eigenvalue weighted by Gasteiger charge is 2.26. The number of piperidine rings is 1. The van der Waals surface area contributed by atoms with Gasteiger partial charge >= 0.3 is 0 Å². The minimum Gasteiger partial charge on any atom is -0.358 e. The van der Waals surface area contributed by atoms with Gasteiger partial charge in [0.05, 0.1) is 11.6 Å². The molecule has 1 aliphatic carbocycles. The Balaban J connectivity index is 1.72. The van der Waals surface area contributed by atoms with Crippen LogP contribution >= 0.6 is 0 Å². The SMILES string of the molecule is Cn1ncc2c(N[C@H]3CCCNC3=O)nc(C3CCCC3)nc21. The third-order valence-electron chi connectivity index (χ3n) is 4.93. The lowest BCUT2D eigenvalue weighted by Gasteiger charge is -2.23. The van der Waals surface area contributed by atoms with Gasteiger partial charge in [-0.3, -0.25) is 9.48 Å². The molecule has 0 bridgehead atoms. The maximum atomic E-state index is 12.0. The van der Waals surface area contributed by atoms with E-state index in [1.807, 2.05) is 7.05 Å². The van der Waals surface area contributed by atoms with Gasteiger partial charge in [-0.1, -0.05) is 12.8 Å². The van der Waals surface area contributed by atoms with Gasteiger partial charge in [-0.05, 0) is 25.7 Å². The molecule has 1 saturated heterocycles. The molecule has 2 aliphatic rings. The van der Waals surface area contributed by atoms with E-state index < -0.39 is 0 Å². The molecule has 2 fully saturated rings. The van der Waals surface area contributed by atoms with E-state index in [4.69, 9.17) is 9.97 Å². The van der Waals surface area contributed by atoms with E-state index in [1.165, 1.54) is 12.8 Å². The number of carbonyl (C=O) groups is 1. The molecule has 3 heterocycles. The number of hydrogen-bond donors (Lipinski definition) is 2. The maximum absolute atomic E-state index is 12.0. The molecular formula is C16H22N6O. The molecule has 1 aliphatic heterocycles. The zero-order chi connectivity index (χ0) is 15.8. The molecule has 2 N–H and O–H groups in total. The quantitative estimate of drug-likeness (QED) is 0.901. The molecule has 0 aromatic carbocycles. The maximum Gasteiger partial charge on any atom is 0.242 e. The number of hydrogen-bond acceptors (Lipinski definition) is 5. The lowest BCUT2D eigenvalue weighted by atomic mass is 10.1. The lowest BCUT2D eigenvalue weighted by molar-refractivity contribution is -0.123. The summed E-state index contributed by atoms with van der Waals surface area (Å²) in [5, 5.41) is 11.4. The molecule has 122 valence electrons. The summed E-state index contributed by atoms with van der Waals surface area (Å²) in [6.45, 7) is 0.760. The van der Waals surface area contributed by atoms with Crippen LogP contribution in [0.3, 0.4) is 0 Å². The minimum absolute atomic E-state index is 0.0503. The number of nitrogens with zero attached hydrogens (tertiary/aromatic N) is 4. The highest BCUT2D eigenvalue weighted by atomic mass is 16.2. The van der Waals surface area contributed by atoms with Crippen molar-refractivity contribution in [3.05, 3.63) is 12.0 Å². The van der Waals surface area contributed by atoms with Crippen molar-refractivity contribution in [2.24, 2.45) is 7.05 Å². The summed E-state index contributed by atoms with van der Waals surface area (Å²) in [6, 6.07) is -0.224. The monoisotopic (exact) mass is 314 g/mol. The summed E-state index contributed by atoms with van der Waals surface area (Å²) in [4.78, 5) is 21.6. The Bertz CT molecular complexity index is 733. The normalized spacial score (nSPS) is 22.5. The Hall–Kier alpha value is -2.18. The Kier molecular flexibility index (Phi) is 3.63. The third kappa shape index (κ3) is 2.64. The predicted molar refractivity (Wildman–Crippen MR) is 87.2 cm³/mol. The molecule has 1 saturated carbocycles. The van der Waals surface area contributed by atoms with Crippen molar-refractivity contribution >= 4 is 22.8 Å². The van der Waals surface area contributed by atoms with Gasteiger partial charge in [0.15, 0.2) is 5.65 Å². The van der Waals surface area contributed by atoms with Gasteiger partial charge in [0.1, 0.15) is 17.7 Å². The van der Waals surface area contributed by atoms with Crippen molar-refractivity contribution in [3.63, 3.8) is 0 Å². The van der Waals surface area contributed by atoms with Crippen molar-refractivity contribution in [2.75, 3.05) is 11.9 Å². The van der Waals surface area contributed by atoms with Gasteiger partial charge in [-0.2, -0.15) is 5.10 Å². The standard InChI is InChI=1S/C16H22N6O/c1-22-15-11(9-18-22)14(19-12-7-4-8-17-16(12)23)20-13(21-15)10-5-2-3-6-10/h9-10,12H,2-8H2,1H3,(H,17,23)(H,19,20,21)/t12-/m0/s1. The fourth-order valence-electron chi connectivity index (χ4n) is 3.59. The van der Waals surface area contributed by atoms with Gasteiger partial charge in [-0.25, -0.2) is 9.97 Å². The van der Waals surface area contributed by atoms with Crippen LogP contribution in [0.15, 0.2) is 6.20 Å². The van der Waals surface area contributed by atoms with Gasteiger partial charge < -0.3 is 10.6 Å². The number of amides is 1. The molecule has 1 atom stereocenters. The smallest absolute Gasteiger partial charge is 0.242 e. The van der Waals surface area contributed by atoms with Crippen LogP contribution in [0.5, 0.6) is 0 Å². The van der Waals surface area contributed by atoms with E-state index in [9.17, 15) is 4.79 Å². The Morgan fingerprint density at radius 3 is 2.83 bits per heavy atom. The second kappa shape index (κ2) is 5.79. The second-order valence-corrected chi connectivity index (χ2v) is 6.55. The van der Waals surface area contributed by atoms with E-state index in [1.54, 1.807) is 10.9 Å². The fourth-order valence-corrected chi connectivity index (χ4v) is 3.59. The number of aromatic nitrogens is 4. The van der Waals surface area contributed by atoms with Crippen LogP contribution in [0.1, 0.15) is 50.3 Å². The first kappa shape index (κ1) is 14.4. The van der Waals surface area contributed by atoms with Crippen molar-refractivity contribution in [1.82, 2.24) is 25.1 Å². The molecule has 1 amide bonds. The number of anilines is 1. The van der Waals surface area contributed by atoms with Crippen LogP contribution in [-0.2, 0) is 11.8 Å².